The van der Waals surface area contributed by atoms with Crippen molar-refractivity contribution < 1.29 is 24.2 Å². The minimum atomic E-state index is -1.19. The third-order valence-corrected chi connectivity index (χ3v) is 2.69. The van der Waals surface area contributed by atoms with Crippen LogP contribution in [0.4, 0.5) is 4.79 Å². The molecular weight excluding hydrogens is 238 g/mol. The summed E-state index contributed by atoms with van der Waals surface area (Å²) in [6.45, 7) is 8.22. The van der Waals surface area contributed by atoms with Crippen molar-refractivity contribution >= 4 is 18.0 Å². The van der Waals surface area contributed by atoms with Gasteiger partial charge in [-0.05, 0) is 27.2 Å². The molecule has 2 amide bonds. The molecule has 6 nitrogen and oxygen atoms in total. The quantitative estimate of drug-likeness (QED) is 0.771. The van der Waals surface area contributed by atoms with Crippen molar-refractivity contribution in [2.75, 3.05) is 0 Å². The van der Waals surface area contributed by atoms with Crippen molar-refractivity contribution in [3.05, 3.63) is 0 Å². The van der Waals surface area contributed by atoms with Crippen LogP contribution in [0, 0.1) is 5.41 Å². The van der Waals surface area contributed by atoms with Gasteiger partial charge in [-0.1, -0.05) is 13.8 Å². The van der Waals surface area contributed by atoms with E-state index in [0.29, 0.717) is 4.90 Å². The number of hydrogen-bond acceptors (Lipinski definition) is 4. The molecule has 1 N–H and O–H groups in total. The van der Waals surface area contributed by atoms with E-state index < -0.39 is 35.0 Å². The lowest BCUT2D eigenvalue weighted by Gasteiger charge is -2.26. The normalized spacial score (nSPS) is 23.1. The lowest BCUT2D eigenvalue weighted by Crippen LogP contribution is -2.46. The fourth-order valence-electron chi connectivity index (χ4n) is 1.85. The summed E-state index contributed by atoms with van der Waals surface area (Å²) >= 11 is 0. The first kappa shape index (κ1) is 14.5. The molecular formula is C12H19NO5. The first-order chi connectivity index (χ1) is 7.96. The summed E-state index contributed by atoms with van der Waals surface area (Å²) in [5, 5.41) is 9.08. The molecule has 6 heteroatoms. The Hall–Kier alpha value is -1.59. The maximum absolute atomic E-state index is 12.0. The largest absolute Gasteiger partial charge is 0.480 e. The van der Waals surface area contributed by atoms with Crippen LogP contribution in [0.15, 0.2) is 0 Å². The number of aliphatic carboxylic acids is 1. The molecule has 0 saturated carbocycles. The van der Waals surface area contributed by atoms with Crippen LogP contribution in [0.25, 0.3) is 0 Å². The molecule has 1 saturated heterocycles. The van der Waals surface area contributed by atoms with Crippen LogP contribution in [0.1, 0.15) is 41.0 Å². The van der Waals surface area contributed by atoms with Gasteiger partial charge in [-0.15, -0.1) is 0 Å². The van der Waals surface area contributed by atoms with Crippen LogP contribution in [0.5, 0.6) is 0 Å². The lowest BCUT2D eigenvalue weighted by molar-refractivity contribution is -0.146. The molecule has 0 unspecified atom stereocenters. The standard InChI is InChI=1S/C12H19NO5/c1-11(2,3)18-10(17)13-7(8(14)15)6-12(4,5)9(13)16/h7H,6H2,1-5H3,(H,14,15)/t7-/m0/s1. The van der Waals surface area contributed by atoms with E-state index in [2.05, 4.69) is 0 Å². The van der Waals surface area contributed by atoms with Gasteiger partial charge in [-0.25, -0.2) is 14.5 Å². The van der Waals surface area contributed by atoms with E-state index in [1.807, 2.05) is 0 Å². The Kier molecular flexibility index (Phi) is 3.42. The van der Waals surface area contributed by atoms with Crippen molar-refractivity contribution in [3.8, 4) is 0 Å². The number of carboxylic acid groups (broad SMARTS) is 1. The molecule has 0 spiro atoms. The Morgan fingerprint density at radius 1 is 1.39 bits per heavy atom. The van der Waals surface area contributed by atoms with Gasteiger partial charge in [0.2, 0.25) is 5.91 Å². The molecule has 1 aliphatic heterocycles. The third kappa shape index (κ3) is 2.80. The highest BCUT2D eigenvalue weighted by molar-refractivity contribution is 6.01. The number of ether oxygens (including phenoxy) is 1. The fraction of sp³-hybridized carbons (Fsp3) is 0.750. The number of rotatable bonds is 1. The first-order valence-corrected chi connectivity index (χ1v) is 5.75. The van der Waals surface area contributed by atoms with Crippen LogP contribution < -0.4 is 0 Å². The van der Waals surface area contributed by atoms with Crippen molar-refractivity contribution in [1.82, 2.24) is 4.90 Å². The molecule has 0 aromatic heterocycles. The van der Waals surface area contributed by atoms with E-state index in [0.717, 1.165) is 0 Å². The molecule has 1 heterocycles. The van der Waals surface area contributed by atoms with E-state index in [1.54, 1.807) is 34.6 Å². The predicted molar refractivity (Wildman–Crippen MR) is 62.9 cm³/mol. The van der Waals surface area contributed by atoms with Gasteiger partial charge in [0.25, 0.3) is 0 Å². The fourth-order valence-corrected chi connectivity index (χ4v) is 1.85. The smallest absolute Gasteiger partial charge is 0.417 e. The average Bonchev–Trinajstić information content (AvgIpc) is 2.35. The molecule has 0 aromatic carbocycles. The third-order valence-electron chi connectivity index (χ3n) is 2.69. The van der Waals surface area contributed by atoms with E-state index in [-0.39, 0.29) is 6.42 Å². The summed E-state index contributed by atoms with van der Waals surface area (Å²) < 4.78 is 5.07. The number of likely N-dealkylation sites (tertiary alicyclic amines) is 1. The molecule has 1 rings (SSSR count). The van der Waals surface area contributed by atoms with Crippen LogP contribution >= 0.6 is 0 Å². The molecule has 18 heavy (non-hydrogen) atoms. The summed E-state index contributed by atoms with van der Waals surface area (Å²) in [6.07, 6.45) is -0.800. The van der Waals surface area contributed by atoms with Crippen molar-refractivity contribution in [1.29, 1.82) is 0 Å². The SMILES string of the molecule is CC(C)(C)OC(=O)N1C(=O)C(C)(C)C[C@H]1C(=O)O. The Morgan fingerprint density at radius 3 is 2.28 bits per heavy atom. The average molecular weight is 257 g/mol. The number of carbonyl (C=O) groups is 3. The number of nitrogens with zero attached hydrogens (tertiary/aromatic N) is 1. The maximum atomic E-state index is 12.0. The van der Waals surface area contributed by atoms with E-state index >= 15 is 0 Å². The minimum absolute atomic E-state index is 0.0976. The minimum Gasteiger partial charge on any atom is -0.480 e. The lowest BCUT2D eigenvalue weighted by atomic mass is 9.90. The monoisotopic (exact) mass is 257 g/mol. The molecule has 0 aromatic rings. The number of hydrogen-bond donors (Lipinski definition) is 1. The second kappa shape index (κ2) is 4.26. The maximum Gasteiger partial charge on any atom is 0.417 e. The Morgan fingerprint density at radius 2 is 1.89 bits per heavy atom. The molecule has 1 aliphatic rings. The van der Waals surface area contributed by atoms with E-state index in [9.17, 15) is 14.4 Å². The summed E-state index contributed by atoms with van der Waals surface area (Å²) in [4.78, 5) is 35.8. The summed E-state index contributed by atoms with van der Waals surface area (Å²) in [7, 11) is 0. The van der Waals surface area contributed by atoms with Gasteiger partial charge in [0.1, 0.15) is 11.6 Å². The molecule has 0 bridgehead atoms. The van der Waals surface area contributed by atoms with Crippen LogP contribution in [-0.4, -0.2) is 39.6 Å². The van der Waals surface area contributed by atoms with Crippen LogP contribution in [-0.2, 0) is 14.3 Å². The molecule has 0 radical (unpaired) electrons. The molecule has 1 atom stereocenters. The van der Waals surface area contributed by atoms with Gasteiger partial charge >= 0.3 is 12.1 Å². The van der Waals surface area contributed by atoms with Crippen LogP contribution in [0.2, 0.25) is 0 Å². The van der Waals surface area contributed by atoms with Gasteiger partial charge < -0.3 is 9.84 Å². The number of imide groups is 1. The van der Waals surface area contributed by atoms with E-state index in [4.69, 9.17) is 9.84 Å². The second-order valence-electron chi connectivity index (χ2n) is 6.10. The van der Waals surface area contributed by atoms with Crippen LogP contribution in [0.3, 0.4) is 0 Å². The van der Waals surface area contributed by atoms with E-state index in [1.165, 1.54) is 0 Å². The van der Waals surface area contributed by atoms with Crippen molar-refractivity contribution in [2.24, 2.45) is 5.41 Å². The highest BCUT2D eigenvalue weighted by Gasteiger charge is 2.52. The first-order valence-electron chi connectivity index (χ1n) is 5.75. The summed E-state index contributed by atoms with van der Waals surface area (Å²) in [5.41, 5.74) is -1.63. The molecule has 0 aliphatic carbocycles. The van der Waals surface area contributed by atoms with Gasteiger partial charge in [0.05, 0.1) is 0 Å². The highest BCUT2D eigenvalue weighted by Crippen LogP contribution is 2.36. The van der Waals surface area contributed by atoms with Gasteiger partial charge in [-0.2, -0.15) is 0 Å². The zero-order valence-electron chi connectivity index (χ0n) is 11.3. The highest BCUT2D eigenvalue weighted by atomic mass is 16.6. The summed E-state index contributed by atoms with van der Waals surface area (Å²) in [5.74, 6) is -1.70. The Bertz CT molecular complexity index is 394. The topological polar surface area (TPSA) is 83.9 Å². The molecule has 1 fully saturated rings. The summed E-state index contributed by atoms with van der Waals surface area (Å²) in [6, 6.07) is -1.15. The van der Waals surface area contributed by atoms with Crippen molar-refractivity contribution in [2.45, 2.75) is 52.7 Å². The molecule has 102 valence electrons. The van der Waals surface area contributed by atoms with Gasteiger partial charge in [-0.3, -0.25) is 4.79 Å². The van der Waals surface area contributed by atoms with Gasteiger partial charge in [0, 0.05) is 5.41 Å². The number of amides is 2. The second-order valence-corrected chi connectivity index (χ2v) is 6.10. The predicted octanol–water partition coefficient (Wildman–Crippen LogP) is 1.63. The zero-order valence-corrected chi connectivity index (χ0v) is 11.3. The van der Waals surface area contributed by atoms with Gasteiger partial charge in [0.15, 0.2) is 0 Å². The number of carboxylic acids is 1. The van der Waals surface area contributed by atoms with Crippen molar-refractivity contribution in [3.63, 3.8) is 0 Å². The Labute approximate surface area is 106 Å². The zero-order chi connectivity index (χ0) is 14.3. The number of carbonyl (C=O) groups excluding carboxylic acids is 2. The Balaban J connectivity index is 3.00.